The van der Waals surface area contributed by atoms with Gasteiger partial charge in [0.1, 0.15) is 11.7 Å². The van der Waals surface area contributed by atoms with Crippen molar-refractivity contribution in [1.82, 2.24) is 0 Å². The first-order valence-corrected chi connectivity index (χ1v) is 14.6. The van der Waals surface area contributed by atoms with Crippen molar-refractivity contribution >= 4 is 45.1 Å². The van der Waals surface area contributed by atoms with Gasteiger partial charge in [0.2, 0.25) is 5.52 Å². The number of hydrogen-bond acceptors (Lipinski definition) is 3. The number of benzene rings is 4. The van der Waals surface area contributed by atoms with Gasteiger partial charge in [-0.15, -0.1) is 0 Å². The van der Waals surface area contributed by atoms with Gasteiger partial charge in [0.05, 0.1) is 10.7 Å². The number of fused-ring (bicyclic) bond motifs is 2. The van der Waals surface area contributed by atoms with Crippen LogP contribution >= 0.6 is 23.1 Å². The van der Waals surface area contributed by atoms with Crippen molar-refractivity contribution in [2.45, 2.75) is 4.90 Å². The van der Waals surface area contributed by atoms with Crippen molar-refractivity contribution < 1.29 is 4.57 Å². The number of aromatic nitrogens is 1. The van der Waals surface area contributed by atoms with Gasteiger partial charge < -0.3 is 4.90 Å². The first-order valence-electron chi connectivity index (χ1n) is 13.0. The fourth-order valence-corrected chi connectivity index (χ4v) is 6.93. The lowest BCUT2D eigenvalue weighted by molar-refractivity contribution is -0.642. The monoisotopic (exact) mass is 541 g/mol. The van der Waals surface area contributed by atoms with E-state index >= 15 is 0 Å². The zero-order valence-corrected chi connectivity index (χ0v) is 23.6. The van der Waals surface area contributed by atoms with Crippen LogP contribution in [0.3, 0.4) is 0 Å². The molecule has 0 saturated carbocycles. The molecule has 0 N–H and O–H groups in total. The highest BCUT2D eigenvalue weighted by atomic mass is 32.2. The molecule has 39 heavy (non-hydrogen) atoms. The first kappa shape index (κ1) is 25.2. The van der Waals surface area contributed by atoms with Crippen LogP contribution in [0.25, 0.3) is 38.5 Å². The standard InChI is InChI=1S/C35H29N2S2/c1-36-30-22-20-28(26-14-8-6-9-15-26)24-32(30)38-34(36)18-12-4-3-5-13-19-35-37(2)31-23-21-29(25-33(31)39-35)27-16-10-7-11-17-27/h3-25H,1-2H3/q+1. The lowest BCUT2D eigenvalue weighted by Gasteiger charge is -2.13. The molecule has 4 heteroatoms. The number of thioether (sulfide) groups is 1. The third kappa shape index (κ3) is 5.40. The summed E-state index contributed by atoms with van der Waals surface area (Å²) in [7, 11) is 4.26. The van der Waals surface area contributed by atoms with E-state index in [1.807, 2.05) is 23.1 Å². The number of anilines is 1. The Morgan fingerprint density at radius 2 is 1.31 bits per heavy atom. The molecule has 5 aromatic rings. The Balaban J connectivity index is 1.10. The maximum absolute atomic E-state index is 2.29. The second-order valence-corrected chi connectivity index (χ2v) is 11.5. The van der Waals surface area contributed by atoms with Gasteiger partial charge in [-0.1, -0.05) is 120 Å². The summed E-state index contributed by atoms with van der Waals surface area (Å²) < 4.78 is 3.55. The summed E-state index contributed by atoms with van der Waals surface area (Å²) in [5.41, 5.74) is 7.52. The number of aryl methyl sites for hydroxylation is 1. The second kappa shape index (κ2) is 11.3. The van der Waals surface area contributed by atoms with E-state index in [0.717, 1.165) is 0 Å². The van der Waals surface area contributed by atoms with Crippen molar-refractivity contribution in [3.05, 3.63) is 144 Å². The molecule has 0 spiro atoms. The van der Waals surface area contributed by atoms with Crippen LogP contribution < -0.4 is 9.47 Å². The Morgan fingerprint density at radius 1 is 0.667 bits per heavy atom. The molecule has 0 amide bonds. The number of allylic oxidation sites excluding steroid dienone is 6. The molecule has 0 radical (unpaired) electrons. The van der Waals surface area contributed by atoms with Gasteiger partial charge in [0.15, 0.2) is 0 Å². The van der Waals surface area contributed by atoms with E-state index in [-0.39, 0.29) is 0 Å². The van der Waals surface area contributed by atoms with Crippen molar-refractivity contribution in [1.29, 1.82) is 0 Å². The fraction of sp³-hybridized carbons (Fsp3) is 0.0571. The summed E-state index contributed by atoms with van der Waals surface area (Å²) >= 11 is 3.64. The largest absolute Gasteiger partial charge is 0.338 e. The highest BCUT2D eigenvalue weighted by Gasteiger charge is 2.21. The summed E-state index contributed by atoms with van der Waals surface area (Å²) in [6.07, 6.45) is 14.8. The van der Waals surface area contributed by atoms with Crippen molar-refractivity contribution in [2.75, 3.05) is 11.9 Å². The minimum absolute atomic E-state index is 1.22. The van der Waals surface area contributed by atoms with E-state index in [4.69, 9.17) is 0 Å². The highest BCUT2D eigenvalue weighted by Crippen LogP contribution is 2.46. The van der Waals surface area contributed by atoms with Crippen LogP contribution in [-0.4, -0.2) is 7.05 Å². The first-order chi connectivity index (χ1) is 19.2. The van der Waals surface area contributed by atoms with Crippen molar-refractivity contribution in [2.24, 2.45) is 7.05 Å². The summed E-state index contributed by atoms with van der Waals surface area (Å²) in [5, 5.41) is 2.45. The van der Waals surface area contributed by atoms with Crippen LogP contribution in [-0.2, 0) is 7.05 Å². The zero-order valence-electron chi connectivity index (χ0n) is 22.0. The average molecular weight is 542 g/mol. The Labute approximate surface area is 238 Å². The van der Waals surface area contributed by atoms with Crippen LogP contribution in [0, 0.1) is 0 Å². The van der Waals surface area contributed by atoms with Gasteiger partial charge in [-0.25, -0.2) is 0 Å². The van der Waals surface area contributed by atoms with Crippen LogP contribution in [0.2, 0.25) is 0 Å². The summed E-state index contributed by atoms with van der Waals surface area (Å²) in [4.78, 5) is 3.55. The van der Waals surface area contributed by atoms with E-state index < -0.39 is 0 Å². The molecule has 0 aliphatic carbocycles. The summed E-state index contributed by atoms with van der Waals surface area (Å²) in [6, 6.07) is 34.5. The molecule has 0 atom stereocenters. The minimum atomic E-state index is 1.22. The summed E-state index contributed by atoms with van der Waals surface area (Å²) in [5.74, 6) is 0. The zero-order chi connectivity index (χ0) is 26.6. The molecule has 4 aromatic carbocycles. The molecule has 6 rings (SSSR count). The third-order valence-electron chi connectivity index (χ3n) is 6.87. The smallest absolute Gasteiger partial charge is 0.262 e. The molecule has 0 fully saturated rings. The van der Waals surface area contributed by atoms with Crippen LogP contribution in [0.15, 0.2) is 143 Å². The minimum Gasteiger partial charge on any atom is -0.338 e. The SMILES string of the molecule is CN1C(=CC=CC=CC=Cc2sc3cc(-c4ccccc4)ccc3[n+]2C)Sc2cc(-c3ccccc3)ccc21. The van der Waals surface area contributed by atoms with E-state index in [2.05, 4.69) is 163 Å². The normalized spacial score (nSPS) is 14.5. The quantitative estimate of drug-likeness (QED) is 0.156. The number of nitrogens with zero attached hydrogens (tertiary/aromatic N) is 2. The Morgan fingerprint density at radius 3 is 2.05 bits per heavy atom. The maximum atomic E-state index is 2.29. The molecule has 2 nitrogen and oxygen atoms in total. The molecule has 190 valence electrons. The fourth-order valence-electron chi connectivity index (χ4n) is 4.73. The van der Waals surface area contributed by atoms with Gasteiger partial charge in [-0.2, -0.15) is 4.57 Å². The van der Waals surface area contributed by atoms with Crippen LogP contribution in [0.1, 0.15) is 5.01 Å². The van der Waals surface area contributed by atoms with E-state index in [9.17, 15) is 0 Å². The van der Waals surface area contributed by atoms with Gasteiger partial charge in [-0.3, -0.25) is 0 Å². The maximum Gasteiger partial charge on any atom is 0.262 e. The predicted octanol–water partition coefficient (Wildman–Crippen LogP) is 9.27. The van der Waals surface area contributed by atoms with E-state index in [0.29, 0.717) is 0 Å². The third-order valence-corrected chi connectivity index (χ3v) is 9.20. The molecule has 1 aliphatic rings. The van der Waals surface area contributed by atoms with Crippen molar-refractivity contribution in [3.63, 3.8) is 0 Å². The van der Waals surface area contributed by atoms with E-state index in [1.54, 1.807) is 0 Å². The molecular formula is C35H29N2S2+. The molecule has 1 aliphatic heterocycles. The van der Waals surface area contributed by atoms with Gasteiger partial charge in [0, 0.05) is 24.1 Å². The van der Waals surface area contributed by atoms with Crippen LogP contribution in [0.4, 0.5) is 5.69 Å². The van der Waals surface area contributed by atoms with E-state index in [1.165, 1.54) is 53.1 Å². The Bertz CT molecular complexity index is 1740. The van der Waals surface area contributed by atoms with Gasteiger partial charge >= 0.3 is 0 Å². The van der Waals surface area contributed by atoms with Crippen LogP contribution in [0.5, 0.6) is 0 Å². The lowest BCUT2D eigenvalue weighted by atomic mass is 10.1. The topological polar surface area (TPSA) is 7.12 Å². The number of hydrogen-bond donors (Lipinski definition) is 0. The molecular weight excluding hydrogens is 513 g/mol. The summed E-state index contributed by atoms with van der Waals surface area (Å²) in [6.45, 7) is 0. The number of thiazole rings is 1. The molecule has 0 unspecified atom stereocenters. The molecule has 0 bridgehead atoms. The van der Waals surface area contributed by atoms with Crippen molar-refractivity contribution in [3.8, 4) is 22.3 Å². The van der Waals surface area contributed by atoms with Gasteiger partial charge in [0.25, 0.3) is 5.01 Å². The van der Waals surface area contributed by atoms with Gasteiger partial charge in [-0.05, 0) is 52.6 Å². The Hall–Kier alpha value is -4.12. The average Bonchev–Trinajstić information content (AvgIpc) is 3.48. The lowest BCUT2D eigenvalue weighted by Crippen LogP contribution is -2.28. The predicted molar refractivity (Wildman–Crippen MR) is 170 cm³/mol. The highest BCUT2D eigenvalue weighted by molar-refractivity contribution is 8.03. The molecule has 0 saturated heterocycles. The second-order valence-electron chi connectivity index (χ2n) is 9.39. The molecule has 2 heterocycles. The number of rotatable bonds is 6. The Kier molecular flexibility index (Phi) is 7.31. The molecule has 1 aromatic heterocycles.